The number of hydrogen-bond acceptors (Lipinski definition) is 8. The van der Waals surface area contributed by atoms with E-state index >= 15 is 0 Å². The highest BCUT2D eigenvalue weighted by molar-refractivity contribution is 5.83. The summed E-state index contributed by atoms with van der Waals surface area (Å²) >= 11 is 0. The van der Waals surface area contributed by atoms with Crippen LogP contribution in [0.1, 0.15) is 12.6 Å². The van der Waals surface area contributed by atoms with Gasteiger partial charge in [0.05, 0.1) is 19.2 Å². The number of aryl methyl sites for hydroxylation is 1. The van der Waals surface area contributed by atoms with Crippen molar-refractivity contribution >= 4 is 27.6 Å². The van der Waals surface area contributed by atoms with Crippen molar-refractivity contribution in [3.8, 4) is 23.3 Å². The molecule has 3 heterocycles. The van der Waals surface area contributed by atoms with Crippen LogP contribution in [0, 0.1) is 12.7 Å². The number of rotatable bonds is 9. The Morgan fingerprint density at radius 1 is 1.08 bits per heavy atom. The molecule has 0 saturated carbocycles. The number of carbonyl (C=O) groups is 1. The van der Waals surface area contributed by atoms with E-state index in [1.807, 2.05) is 13.0 Å². The second kappa shape index (κ2) is 10.7. The largest absolute Gasteiger partial charge is 0.493 e. The Kier molecular flexibility index (Phi) is 7.20. The van der Waals surface area contributed by atoms with Gasteiger partial charge >= 0.3 is 6.01 Å². The number of ether oxygens (including phenoxy) is 3. The lowest BCUT2D eigenvalue weighted by molar-refractivity contribution is -0.118. The molecule has 0 amide bonds. The lowest BCUT2D eigenvalue weighted by atomic mass is 10.2. The van der Waals surface area contributed by atoms with Crippen molar-refractivity contribution < 1.29 is 23.4 Å². The van der Waals surface area contributed by atoms with E-state index in [4.69, 9.17) is 14.2 Å². The molecule has 1 saturated heterocycles. The number of nitrogens with one attached hydrogen (secondary N) is 1. The number of halogens is 1. The van der Waals surface area contributed by atoms with E-state index in [1.54, 1.807) is 44.5 Å². The summed E-state index contributed by atoms with van der Waals surface area (Å²) in [6.07, 6.45) is 1.61. The number of aromatic amines is 1. The summed E-state index contributed by atoms with van der Waals surface area (Å²) in [6.45, 7) is 8.77. The van der Waals surface area contributed by atoms with Gasteiger partial charge in [0.15, 0.2) is 23.1 Å². The average Bonchev–Trinajstić information content (AvgIpc) is 3.27. The van der Waals surface area contributed by atoms with Gasteiger partial charge in [0.25, 0.3) is 0 Å². The van der Waals surface area contributed by atoms with Gasteiger partial charge in [-0.05, 0) is 38.1 Å². The molecule has 37 heavy (non-hydrogen) atoms. The lowest BCUT2D eigenvalue weighted by Crippen LogP contribution is -2.48. The van der Waals surface area contributed by atoms with Gasteiger partial charge in [-0.3, -0.25) is 14.6 Å². The fraction of sp³-hybridized carbons (Fsp3) is 0.370. The van der Waals surface area contributed by atoms with E-state index in [0.29, 0.717) is 41.1 Å². The van der Waals surface area contributed by atoms with Gasteiger partial charge in [-0.2, -0.15) is 4.98 Å². The molecular weight excluding hydrogens is 477 g/mol. The molecule has 10 heteroatoms. The van der Waals surface area contributed by atoms with Crippen LogP contribution in [-0.2, 0) is 4.79 Å². The SMILES string of the molecule is COc1cc2cnc(Oc3ccc4[nH]c(C)cc4c3F)nc2cc1OCCN1CCN(CC(C)=O)CC1. The predicted molar refractivity (Wildman–Crippen MR) is 138 cm³/mol. The van der Waals surface area contributed by atoms with Crippen molar-refractivity contribution in [1.29, 1.82) is 0 Å². The molecule has 1 N–H and O–H groups in total. The zero-order valence-electron chi connectivity index (χ0n) is 21.2. The highest BCUT2D eigenvalue weighted by Gasteiger charge is 2.18. The molecule has 1 fully saturated rings. The number of hydrogen-bond donors (Lipinski definition) is 1. The molecule has 1 aliphatic rings. The first-order valence-corrected chi connectivity index (χ1v) is 12.3. The van der Waals surface area contributed by atoms with Crippen LogP contribution in [0.15, 0.2) is 36.5 Å². The first kappa shape index (κ1) is 24.9. The summed E-state index contributed by atoms with van der Waals surface area (Å²) in [5.74, 6) is 0.922. The van der Waals surface area contributed by atoms with Gasteiger partial charge < -0.3 is 19.2 Å². The number of aromatic nitrogens is 3. The maximum Gasteiger partial charge on any atom is 0.322 e. The Hall–Kier alpha value is -3.76. The van der Waals surface area contributed by atoms with Gasteiger partial charge in [0, 0.05) is 67.0 Å². The van der Waals surface area contributed by atoms with Crippen LogP contribution in [0.3, 0.4) is 0 Å². The second-order valence-corrected chi connectivity index (χ2v) is 9.28. The quantitative estimate of drug-likeness (QED) is 0.364. The van der Waals surface area contributed by atoms with Gasteiger partial charge in [-0.25, -0.2) is 9.37 Å². The van der Waals surface area contributed by atoms with E-state index < -0.39 is 5.82 Å². The molecule has 0 bridgehead atoms. The van der Waals surface area contributed by atoms with Crippen LogP contribution < -0.4 is 14.2 Å². The maximum atomic E-state index is 15.0. The number of nitrogens with zero attached hydrogens (tertiary/aromatic N) is 4. The minimum Gasteiger partial charge on any atom is -0.493 e. The van der Waals surface area contributed by atoms with E-state index in [0.717, 1.165) is 43.8 Å². The maximum absolute atomic E-state index is 15.0. The third-order valence-corrected chi connectivity index (χ3v) is 6.46. The van der Waals surface area contributed by atoms with E-state index in [-0.39, 0.29) is 17.5 Å². The highest BCUT2D eigenvalue weighted by Crippen LogP contribution is 2.33. The van der Waals surface area contributed by atoms with Crippen molar-refractivity contribution in [2.24, 2.45) is 0 Å². The molecule has 5 rings (SSSR count). The Morgan fingerprint density at radius 3 is 2.62 bits per heavy atom. The smallest absolute Gasteiger partial charge is 0.322 e. The van der Waals surface area contributed by atoms with Crippen molar-refractivity contribution in [3.63, 3.8) is 0 Å². The molecule has 9 nitrogen and oxygen atoms in total. The minimum absolute atomic E-state index is 0.0394. The average molecular weight is 508 g/mol. The third kappa shape index (κ3) is 5.65. The molecule has 0 spiro atoms. The third-order valence-electron chi connectivity index (χ3n) is 6.46. The molecule has 1 aliphatic heterocycles. The molecule has 0 aliphatic carbocycles. The molecule has 194 valence electrons. The van der Waals surface area contributed by atoms with Crippen molar-refractivity contribution in [3.05, 3.63) is 48.0 Å². The number of benzene rings is 2. The Labute approximate surface area is 214 Å². The van der Waals surface area contributed by atoms with E-state index in [1.165, 1.54) is 0 Å². The first-order chi connectivity index (χ1) is 17.9. The molecule has 0 atom stereocenters. The molecule has 4 aromatic rings. The molecule has 2 aromatic heterocycles. The number of ketones is 1. The van der Waals surface area contributed by atoms with Gasteiger partial charge in [0.2, 0.25) is 0 Å². The molecule has 0 unspecified atom stereocenters. The number of H-pyrrole nitrogens is 1. The van der Waals surface area contributed by atoms with Crippen LogP contribution in [0.2, 0.25) is 0 Å². The zero-order chi connectivity index (χ0) is 25.9. The van der Waals surface area contributed by atoms with Crippen molar-refractivity contribution in [1.82, 2.24) is 24.8 Å². The topological polar surface area (TPSA) is 92.8 Å². The number of carbonyl (C=O) groups excluding carboxylic acids is 1. The van der Waals surface area contributed by atoms with Crippen LogP contribution >= 0.6 is 0 Å². The second-order valence-electron chi connectivity index (χ2n) is 9.28. The van der Waals surface area contributed by atoms with Gasteiger partial charge in [-0.15, -0.1) is 0 Å². The number of fused-ring (bicyclic) bond motifs is 2. The summed E-state index contributed by atoms with van der Waals surface area (Å²) in [4.78, 5) is 27.6. The summed E-state index contributed by atoms with van der Waals surface area (Å²) in [5.41, 5.74) is 2.16. The zero-order valence-corrected chi connectivity index (χ0v) is 21.2. The van der Waals surface area contributed by atoms with Crippen LogP contribution in [-0.4, -0.2) is 83.5 Å². The predicted octanol–water partition coefficient (Wildman–Crippen LogP) is 3.94. The summed E-state index contributed by atoms with van der Waals surface area (Å²) in [6, 6.07) is 8.69. The summed E-state index contributed by atoms with van der Waals surface area (Å²) < 4.78 is 32.2. The number of piperazine rings is 1. The fourth-order valence-corrected chi connectivity index (χ4v) is 4.58. The minimum atomic E-state index is -0.466. The number of methoxy groups -OCH3 is 1. The van der Waals surface area contributed by atoms with Crippen molar-refractivity contribution in [2.75, 3.05) is 53.0 Å². The standard InChI is InChI=1S/C27H30FN5O4/c1-17-12-20-21(30-17)4-5-23(26(20)28)37-27-29-15-19-13-24(35-3)25(14-22(19)31-27)36-11-10-32-6-8-33(9-7-32)16-18(2)34/h4-5,12-15,30H,6-11,16H2,1-3H3. The van der Waals surface area contributed by atoms with E-state index in [9.17, 15) is 9.18 Å². The van der Waals surface area contributed by atoms with Gasteiger partial charge in [0.1, 0.15) is 12.4 Å². The van der Waals surface area contributed by atoms with Crippen LogP contribution in [0.25, 0.3) is 21.8 Å². The Balaban J connectivity index is 1.27. The normalized spacial score (nSPS) is 14.8. The monoisotopic (exact) mass is 507 g/mol. The van der Waals surface area contributed by atoms with Crippen molar-refractivity contribution in [2.45, 2.75) is 13.8 Å². The van der Waals surface area contributed by atoms with Gasteiger partial charge in [-0.1, -0.05) is 0 Å². The molecule has 0 radical (unpaired) electrons. The molecular formula is C27H30FN5O4. The number of Topliss-reactive ketones (excluding diaryl/α,β-unsaturated/α-hetero) is 1. The van der Waals surface area contributed by atoms with Crippen LogP contribution in [0.5, 0.6) is 23.3 Å². The summed E-state index contributed by atoms with van der Waals surface area (Å²) in [7, 11) is 1.59. The lowest BCUT2D eigenvalue weighted by Gasteiger charge is -2.34. The fourth-order valence-electron chi connectivity index (χ4n) is 4.58. The summed E-state index contributed by atoms with van der Waals surface area (Å²) in [5, 5.41) is 1.20. The molecule has 2 aromatic carbocycles. The Morgan fingerprint density at radius 2 is 1.86 bits per heavy atom. The van der Waals surface area contributed by atoms with E-state index in [2.05, 4.69) is 24.8 Å². The van der Waals surface area contributed by atoms with Crippen LogP contribution in [0.4, 0.5) is 4.39 Å². The Bertz CT molecular complexity index is 1430. The highest BCUT2D eigenvalue weighted by atomic mass is 19.1. The first-order valence-electron chi connectivity index (χ1n) is 12.3.